The van der Waals surface area contributed by atoms with E-state index in [9.17, 15) is 5.11 Å². The van der Waals surface area contributed by atoms with Crippen molar-refractivity contribution in [3.8, 4) is 11.8 Å². The van der Waals surface area contributed by atoms with Gasteiger partial charge in [0.15, 0.2) is 0 Å². The highest BCUT2D eigenvalue weighted by Gasteiger charge is 2.42. The molecule has 1 aliphatic rings. The van der Waals surface area contributed by atoms with Gasteiger partial charge in [-0.15, -0.1) is 0 Å². The number of methoxy groups -OCH3 is 1. The Balaban J connectivity index is 1.99. The molecule has 0 saturated heterocycles. The predicted molar refractivity (Wildman–Crippen MR) is 72.5 cm³/mol. The monoisotopic (exact) mass is 310 g/mol. The molecule has 1 aromatic rings. The Morgan fingerprint density at radius 1 is 1.61 bits per heavy atom. The molecule has 0 amide bonds. The fourth-order valence-electron chi connectivity index (χ4n) is 2.17. The molecule has 0 unspecified atom stereocenters. The highest BCUT2D eigenvalue weighted by molar-refractivity contribution is 9.10. The summed E-state index contributed by atoms with van der Waals surface area (Å²) in [5.74, 6) is 0.721. The van der Waals surface area contributed by atoms with Crippen molar-refractivity contribution < 1.29 is 9.84 Å². The van der Waals surface area contributed by atoms with Crippen LogP contribution in [0.1, 0.15) is 12.8 Å². The van der Waals surface area contributed by atoms with Crippen LogP contribution in [0.15, 0.2) is 22.7 Å². The molecule has 0 radical (unpaired) electrons. The van der Waals surface area contributed by atoms with Crippen molar-refractivity contribution in [1.29, 1.82) is 5.26 Å². The Hall–Kier alpha value is -1.25. The molecule has 2 N–H and O–H groups in total. The van der Waals surface area contributed by atoms with Gasteiger partial charge in [-0.3, -0.25) is 0 Å². The van der Waals surface area contributed by atoms with Crippen LogP contribution >= 0.6 is 15.9 Å². The summed E-state index contributed by atoms with van der Waals surface area (Å²) in [6, 6.07) is 7.82. The first-order valence-corrected chi connectivity index (χ1v) is 6.55. The Labute approximate surface area is 115 Å². The van der Waals surface area contributed by atoms with Crippen LogP contribution in [0.3, 0.4) is 0 Å². The van der Waals surface area contributed by atoms with E-state index < -0.39 is 5.60 Å². The lowest BCUT2D eigenvalue weighted by Gasteiger charge is -2.40. The van der Waals surface area contributed by atoms with Gasteiger partial charge in [0.1, 0.15) is 5.75 Å². The third kappa shape index (κ3) is 2.77. The average molecular weight is 311 g/mol. The van der Waals surface area contributed by atoms with E-state index in [0.29, 0.717) is 19.4 Å². The first-order chi connectivity index (χ1) is 8.56. The van der Waals surface area contributed by atoms with Crippen molar-refractivity contribution in [3.63, 3.8) is 0 Å². The lowest BCUT2D eigenvalue weighted by atomic mass is 9.71. The third-order valence-corrected chi connectivity index (χ3v) is 3.70. The summed E-state index contributed by atoms with van der Waals surface area (Å²) in [4.78, 5) is 0. The van der Waals surface area contributed by atoms with Crippen LogP contribution in [0.25, 0.3) is 0 Å². The van der Waals surface area contributed by atoms with Gasteiger partial charge in [0.25, 0.3) is 0 Å². The zero-order valence-electron chi connectivity index (χ0n) is 10.1. The standard InChI is InChI=1S/C13H15BrN2O2/c1-18-12-3-2-10(14)4-11(12)16-8-13(17)5-9(6-13)7-15/h2-4,9,16-17H,5-6,8H2,1H3. The maximum absolute atomic E-state index is 10.1. The summed E-state index contributed by atoms with van der Waals surface area (Å²) in [6.45, 7) is 0.429. The van der Waals surface area contributed by atoms with Gasteiger partial charge in [-0.2, -0.15) is 5.26 Å². The molecule has 1 aliphatic carbocycles. The summed E-state index contributed by atoms with van der Waals surface area (Å²) in [7, 11) is 1.61. The largest absolute Gasteiger partial charge is 0.495 e. The fraction of sp³-hybridized carbons (Fsp3) is 0.462. The number of hydrogen-bond donors (Lipinski definition) is 2. The Bertz CT molecular complexity index is 478. The molecule has 0 heterocycles. The topological polar surface area (TPSA) is 65.3 Å². The summed E-state index contributed by atoms with van der Waals surface area (Å²) in [5.41, 5.74) is 0.0639. The fourth-order valence-corrected chi connectivity index (χ4v) is 2.53. The number of ether oxygens (including phenoxy) is 1. The van der Waals surface area contributed by atoms with E-state index in [1.165, 1.54) is 0 Å². The lowest BCUT2D eigenvalue weighted by Crippen LogP contribution is -2.48. The van der Waals surface area contributed by atoms with E-state index in [4.69, 9.17) is 10.00 Å². The van der Waals surface area contributed by atoms with Gasteiger partial charge in [-0.05, 0) is 31.0 Å². The van der Waals surface area contributed by atoms with Gasteiger partial charge in [0.05, 0.1) is 30.4 Å². The van der Waals surface area contributed by atoms with E-state index in [2.05, 4.69) is 27.3 Å². The third-order valence-electron chi connectivity index (χ3n) is 3.20. The molecule has 4 nitrogen and oxygen atoms in total. The van der Waals surface area contributed by atoms with Crippen molar-refractivity contribution in [2.45, 2.75) is 18.4 Å². The molecule has 0 aromatic heterocycles. The van der Waals surface area contributed by atoms with Crippen LogP contribution in [0.2, 0.25) is 0 Å². The molecule has 1 aromatic carbocycles. The minimum absolute atomic E-state index is 0.0128. The molecule has 18 heavy (non-hydrogen) atoms. The van der Waals surface area contributed by atoms with Gasteiger partial charge in [-0.25, -0.2) is 0 Å². The molecule has 0 spiro atoms. The molecule has 5 heteroatoms. The number of nitrogens with zero attached hydrogens (tertiary/aromatic N) is 1. The molecule has 96 valence electrons. The SMILES string of the molecule is COc1ccc(Br)cc1NCC1(O)CC(C#N)C1. The van der Waals surface area contributed by atoms with E-state index in [0.717, 1.165) is 15.9 Å². The number of benzene rings is 1. The van der Waals surface area contributed by atoms with Crippen LogP contribution in [0.5, 0.6) is 5.75 Å². The minimum Gasteiger partial charge on any atom is -0.495 e. The van der Waals surface area contributed by atoms with E-state index in [1.807, 2.05) is 18.2 Å². The molecule has 1 saturated carbocycles. The second kappa shape index (κ2) is 5.17. The summed E-state index contributed by atoms with van der Waals surface area (Å²) in [5, 5.41) is 22.0. The Kier molecular flexibility index (Phi) is 3.79. The predicted octanol–water partition coefficient (Wildman–Crippen LogP) is 2.53. The Morgan fingerprint density at radius 2 is 2.33 bits per heavy atom. The summed E-state index contributed by atoms with van der Waals surface area (Å²) >= 11 is 3.40. The van der Waals surface area contributed by atoms with E-state index in [1.54, 1.807) is 7.11 Å². The highest BCUT2D eigenvalue weighted by Crippen LogP contribution is 2.38. The van der Waals surface area contributed by atoms with Crippen LogP contribution in [0, 0.1) is 17.2 Å². The molecule has 0 atom stereocenters. The zero-order chi connectivity index (χ0) is 13.2. The number of anilines is 1. The number of aliphatic hydroxyl groups is 1. The minimum atomic E-state index is -0.770. The van der Waals surface area contributed by atoms with Gasteiger partial charge < -0.3 is 15.2 Å². The summed E-state index contributed by atoms with van der Waals surface area (Å²) in [6.07, 6.45) is 1.07. The normalized spacial score (nSPS) is 26.0. The van der Waals surface area contributed by atoms with Crippen LogP contribution in [-0.4, -0.2) is 24.4 Å². The first kappa shape index (κ1) is 13.2. The average Bonchev–Trinajstić information content (AvgIpc) is 2.33. The Morgan fingerprint density at radius 3 is 2.94 bits per heavy atom. The highest BCUT2D eigenvalue weighted by atomic mass is 79.9. The van der Waals surface area contributed by atoms with Crippen molar-refractivity contribution >= 4 is 21.6 Å². The molecular weight excluding hydrogens is 296 g/mol. The van der Waals surface area contributed by atoms with Crippen molar-refractivity contribution in [2.75, 3.05) is 19.0 Å². The molecule has 0 aliphatic heterocycles. The number of nitriles is 1. The van der Waals surface area contributed by atoms with Crippen molar-refractivity contribution in [1.82, 2.24) is 0 Å². The van der Waals surface area contributed by atoms with Gasteiger partial charge >= 0.3 is 0 Å². The maximum atomic E-state index is 10.1. The van der Waals surface area contributed by atoms with Gasteiger partial charge in [0.2, 0.25) is 0 Å². The molecule has 1 fully saturated rings. The quantitative estimate of drug-likeness (QED) is 0.897. The van der Waals surface area contributed by atoms with Crippen molar-refractivity contribution in [2.24, 2.45) is 5.92 Å². The van der Waals surface area contributed by atoms with Gasteiger partial charge in [0, 0.05) is 11.0 Å². The van der Waals surface area contributed by atoms with E-state index in [-0.39, 0.29) is 5.92 Å². The second-order valence-electron chi connectivity index (χ2n) is 4.66. The number of halogens is 1. The zero-order valence-corrected chi connectivity index (χ0v) is 11.7. The summed E-state index contributed by atoms with van der Waals surface area (Å²) < 4.78 is 6.19. The van der Waals surface area contributed by atoms with Gasteiger partial charge in [-0.1, -0.05) is 15.9 Å². The van der Waals surface area contributed by atoms with Crippen LogP contribution in [-0.2, 0) is 0 Å². The molecular formula is C13H15BrN2O2. The lowest BCUT2D eigenvalue weighted by molar-refractivity contribution is -0.0442. The molecule has 0 bridgehead atoms. The molecule has 2 rings (SSSR count). The number of hydrogen-bond acceptors (Lipinski definition) is 4. The van der Waals surface area contributed by atoms with E-state index >= 15 is 0 Å². The first-order valence-electron chi connectivity index (χ1n) is 5.76. The number of nitrogens with one attached hydrogen (secondary N) is 1. The van der Waals surface area contributed by atoms with Crippen LogP contribution < -0.4 is 10.1 Å². The second-order valence-corrected chi connectivity index (χ2v) is 5.57. The smallest absolute Gasteiger partial charge is 0.142 e. The maximum Gasteiger partial charge on any atom is 0.142 e. The number of rotatable bonds is 4. The van der Waals surface area contributed by atoms with Crippen LogP contribution in [0.4, 0.5) is 5.69 Å². The van der Waals surface area contributed by atoms with Crippen molar-refractivity contribution in [3.05, 3.63) is 22.7 Å².